The van der Waals surface area contributed by atoms with E-state index >= 15 is 0 Å². The summed E-state index contributed by atoms with van der Waals surface area (Å²) in [5.41, 5.74) is 11.8. The molecule has 2 aromatic heterocycles. The van der Waals surface area contributed by atoms with Crippen molar-refractivity contribution < 1.29 is 19.4 Å². The first kappa shape index (κ1) is 24.2. The molecule has 0 spiro atoms. The first-order valence-electron chi connectivity index (χ1n) is 9.80. The van der Waals surface area contributed by atoms with Gasteiger partial charge in [0.25, 0.3) is 0 Å². The zero-order valence-electron chi connectivity index (χ0n) is 18.0. The van der Waals surface area contributed by atoms with Crippen molar-refractivity contribution in [2.24, 2.45) is 16.5 Å². The third-order valence-electron chi connectivity index (χ3n) is 4.18. The van der Waals surface area contributed by atoms with Crippen molar-refractivity contribution >= 4 is 35.0 Å². The molecule has 32 heavy (non-hydrogen) atoms. The number of carbonyl (C=O) groups is 2. The smallest absolute Gasteiger partial charge is 0.407 e. The van der Waals surface area contributed by atoms with E-state index in [2.05, 4.69) is 37.1 Å². The van der Waals surface area contributed by atoms with Gasteiger partial charge < -0.3 is 36.1 Å². The number of carboxylic acids is 1. The maximum atomic E-state index is 11.8. The number of nitrogens with one attached hydrogen (secondary N) is 1. The molecule has 0 radical (unpaired) electrons. The van der Waals surface area contributed by atoms with Crippen LogP contribution in [0.15, 0.2) is 17.6 Å². The van der Waals surface area contributed by atoms with Gasteiger partial charge in [0.1, 0.15) is 19.0 Å². The van der Waals surface area contributed by atoms with Crippen LogP contribution in [-0.2, 0) is 16.1 Å². The van der Waals surface area contributed by atoms with E-state index in [-0.39, 0.29) is 25.5 Å². The fraction of sp³-hybridized carbons (Fsp3) is 0.474. The predicted octanol–water partition coefficient (Wildman–Crippen LogP) is -0.481. The summed E-state index contributed by atoms with van der Waals surface area (Å²) in [5, 5.41) is 11.5. The quantitative estimate of drug-likeness (QED) is 0.161. The molecule has 0 unspecified atom stereocenters. The second-order valence-electron chi connectivity index (χ2n) is 6.86. The fourth-order valence-corrected chi connectivity index (χ4v) is 2.68. The third-order valence-corrected chi connectivity index (χ3v) is 4.18. The number of carbonyl (C=O) groups excluding carboxylic acids is 1. The molecule has 13 heteroatoms. The van der Waals surface area contributed by atoms with Crippen molar-refractivity contribution in [1.29, 1.82) is 0 Å². The third kappa shape index (κ3) is 7.31. The largest absolute Gasteiger partial charge is 0.480 e. The molecule has 0 aliphatic rings. The van der Waals surface area contributed by atoms with Crippen LogP contribution in [0, 0.1) is 11.8 Å². The van der Waals surface area contributed by atoms with Gasteiger partial charge in [-0.25, -0.2) is 24.5 Å². The zero-order valence-corrected chi connectivity index (χ0v) is 18.0. The Labute approximate surface area is 184 Å². The van der Waals surface area contributed by atoms with Crippen molar-refractivity contribution in [3.05, 3.63) is 12.7 Å². The molecule has 2 rings (SSSR count). The minimum atomic E-state index is -1.17. The lowest BCUT2D eigenvalue weighted by atomic mass is 10.1. The lowest BCUT2D eigenvalue weighted by molar-refractivity contribution is -0.139. The topological polar surface area (TPSA) is 187 Å². The van der Waals surface area contributed by atoms with Crippen LogP contribution in [0.1, 0.15) is 19.3 Å². The molecule has 0 aromatic carbocycles. The Kier molecular flexibility index (Phi) is 9.03. The van der Waals surface area contributed by atoms with Gasteiger partial charge in [0.2, 0.25) is 0 Å². The molecule has 2 aromatic rings. The number of fused-ring (bicyclic) bond motifs is 1. The molecular weight excluding hydrogens is 418 g/mol. The Balaban J connectivity index is 1.76. The molecule has 0 bridgehead atoms. The van der Waals surface area contributed by atoms with Gasteiger partial charge in [0.15, 0.2) is 22.9 Å². The maximum Gasteiger partial charge on any atom is 0.407 e. The summed E-state index contributed by atoms with van der Waals surface area (Å²) in [6.45, 7) is 0.660. The molecule has 0 aliphatic heterocycles. The van der Waals surface area contributed by atoms with Gasteiger partial charge in [-0.3, -0.25) is 4.99 Å². The number of rotatable bonds is 10. The molecule has 0 fully saturated rings. The number of hydrogen-bond donors (Lipinski definition) is 4. The number of guanidine groups is 1. The van der Waals surface area contributed by atoms with E-state index in [0.29, 0.717) is 30.6 Å². The average Bonchev–Trinajstić information content (AvgIpc) is 3.15. The van der Waals surface area contributed by atoms with Crippen molar-refractivity contribution in [2.75, 3.05) is 32.1 Å². The second-order valence-corrected chi connectivity index (χ2v) is 6.86. The Bertz CT molecular complexity index is 1020. The van der Waals surface area contributed by atoms with Crippen LogP contribution in [0.4, 0.5) is 10.6 Å². The van der Waals surface area contributed by atoms with E-state index < -0.39 is 18.1 Å². The van der Waals surface area contributed by atoms with Crippen molar-refractivity contribution in [3.63, 3.8) is 0 Å². The van der Waals surface area contributed by atoms with Crippen LogP contribution in [0.25, 0.3) is 11.2 Å². The molecule has 6 N–H and O–H groups in total. The Morgan fingerprint density at radius 2 is 2.09 bits per heavy atom. The summed E-state index contributed by atoms with van der Waals surface area (Å²) in [6, 6.07) is -1.09. The minimum Gasteiger partial charge on any atom is -0.480 e. The number of hydrogen-bond acceptors (Lipinski definition) is 8. The van der Waals surface area contributed by atoms with Gasteiger partial charge in [-0.15, -0.1) is 0 Å². The van der Waals surface area contributed by atoms with Crippen LogP contribution in [-0.4, -0.2) is 75.9 Å². The molecule has 1 amide bonds. The van der Waals surface area contributed by atoms with Crippen molar-refractivity contribution in [2.45, 2.75) is 31.8 Å². The number of anilines is 1. The lowest BCUT2D eigenvalue weighted by Crippen LogP contribution is -2.41. The van der Waals surface area contributed by atoms with Gasteiger partial charge in [0, 0.05) is 27.1 Å². The molecule has 13 nitrogen and oxygen atoms in total. The minimum absolute atomic E-state index is 0.0246. The van der Waals surface area contributed by atoms with Gasteiger partial charge in [-0.05, 0) is 12.8 Å². The summed E-state index contributed by atoms with van der Waals surface area (Å²) < 4.78 is 6.78. The molecule has 0 saturated carbocycles. The van der Waals surface area contributed by atoms with Gasteiger partial charge in [0.05, 0.1) is 12.9 Å². The summed E-state index contributed by atoms with van der Waals surface area (Å²) in [4.78, 5) is 41.5. The number of imidazole rings is 1. The number of nitrogens with zero attached hydrogens (tertiary/aromatic N) is 6. The van der Waals surface area contributed by atoms with E-state index in [4.69, 9.17) is 16.2 Å². The predicted molar refractivity (Wildman–Crippen MR) is 118 cm³/mol. The number of nitrogens with two attached hydrogens (primary N) is 2. The van der Waals surface area contributed by atoms with Crippen LogP contribution in [0.3, 0.4) is 0 Å². The van der Waals surface area contributed by atoms with E-state index in [9.17, 15) is 14.7 Å². The van der Waals surface area contributed by atoms with Crippen LogP contribution >= 0.6 is 0 Å². The zero-order chi connectivity index (χ0) is 23.5. The Hall–Kier alpha value is -4.08. The first-order valence-corrected chi connectivity index (χ1v) is 9.80. The lowest BCUT2D eigenvalue weighted by Gasteiger charge is -2.13. The van der Waals surface area contributed by atoms with E-state index in [1.165, 1.54) is 6.33 Å². The second kappa shape index (κ2) is 11.9. The highest BCUT2D eigenvalue weighted by Gasteiger charge is 2.20. The number of aliphatic carboxylic acids is 1. The number of alkyl carbamates (subject to hydrolysis) is 1. The molecule has 172 valence electrons. The first-order chi connectivity index (χ1) is 15.3. The van der Waals surface area contributed by atoms with Crippen LogP contribution in [0.5, 0.6) is 0 Å². The summed E-state index contributed by atoms with van der Waals surface area (Å²) in [6.07, 6.45) is 3.14. The highest BCUT2D eigenvalue weighted by atomic mass is 16.5. The van der Waals surface area contributed by atoms with E-state index in [1.807, 2.05) is 19.0 Å². The van der Waals surface area contributed by atoms with Crippen molar-refractivity contribution in [3.8, 4) is 11.8 Å². The number of carboxylic acid groups (broad SMARTS) is 1. The molecule has 0 saturated heterocycles. The fourth-order valence-electron chi connectivity index (χ4n) is 2.68. The molecule has 2 heterocycles. The van der Waals surface area contributed by atoms with Crippen molar-refractivity contribution in [1.82, 2.24) is 24.8 Å². The number of ether oxygens (including phenoxy) is 1. The van der Waals surface area contributed by atoms with Gasteiger partial charge >= 0.3 is 12.1 Å². The summed E-state index contributed by atoms with van der Waals surface area (Å²) in [7, 11) is 3.75. The number of amides is 1. The van der Waals surface area contributed by atoms with E-state index in [0.717, 1.165) is 5.82 Å². The Morgan fingerprint density at radius 3 is 2.78 bits per heavy atom. The highest BCUT2D eigenvalue weighted by molar-refractivity contribution is 5.83. The molecule has 0 aliphatic carbocycles. The summed E-state index contributed by atoms with van der Waals surface area (Å²) >= 11 is 0. The Morgan fingerprint density at radius 1 is 1.31 bits per heavy atom. The summed E-state index contributed by atoms with van der Waals surface area (Å²) in [5.74, 6) is 5.34. The van der Waals surface area contributed by atoms with Crippen LogP contribution < -0.4 is 21.7 Å². The molecule has 1 atom stereocenters. The highest BCUT2D eigenvalue weighted by Crippen LogP contribution is 2.18. The normalized spacial score (nSPS) is 11.2. The van der Waals surface area contributed by atoms with Gasteiger partial charge in [-0.1, -0.05) is 11.8 Å². The standard InChI is InChI=1S/C19H27N9O4/c1-27(2)15-14-16(24-11-23-15)28(12-25-14)9-4-3-5-10-32-19(31)26-13(17(29)30)7-6-8-22-18(20)21/h11-13H,5-10H2,1-2H3,(H,26,31)(H,29,30)(H4,20,21,22)/t13-/m0/s1. The van der Waals surface area contributed by atoms with Crippen LogP contribution in [0.2, 0.25) is 0 Å². The SMILES string of the molecule is CN(C)c1ncnc2c1ncn2CC#CCCOC(=O)N[C@@H](CCCN=C(N)N)C(=O)O. The monoisotopic (exact) mass is 445 g/mol. The maximum absolute atomic E-state index is 11.8. The average molecular weight is 445 g/mol. The van der Waals surface area contributed by atoms with E-state index in [1.54, 1.807) is 10.9 Å². The molecular formula is C19H27N9O4. The number of aromatic nitrogens is 4. The van der Waals surface area contributed by atoms with Gasteiger partial charge in [-0.2, -0.15) is 0 Å². The number of aliphatic imine (C=N–C) groups is 1.